The fraction of sp³-hybridized carbons (Fsp3) is 0.250. The molecule has 0 aliphatic carbocycles. The molecule has 2 aliphatic rings. The molecule has 2 aliphatic heterocycles. The van der Waals surface area contributed by atoms with Crippen molar-refractivity contribution < 1.29 is 27.5 Å². The van der Waals surface area contributed by atoms with E-state index in [1.54, 1.807) is 42.5 Å². The Bertz CT molecular complexity index is 1760. The van der Waals surface area contributed by atoms with Crippen LogP contribution in [-0.2, 0) is 9.53 Å². The number of fused-ring (bicyclic) bond motifs is 2. The summed E-state index contributed by atoms with van der Waals surface area (Å²) in [6, 6.07) is 24.2. The fourth-order valence-electron chi connectivity index (χ4n) is 5.66. The Balaban J connectivity index is 1.25. The number of carbonyl (C=O) groups excluding carboxylic acids is 2. The van der Waals surface area contributed by atoms with Crippen LogP contribution in [0.1, 0.15) is 35.4 Å². The molecule has 11 heteroatoms. The highest BCUT2D eigenvalue weighted by Crippen LogP contribution is 2.32. The maximum absolute atomic E-state index is 13.7. The van der Waals surface area contributed by atoms with Crippen molar-refractivity contribution in [2.45, 2.75) is 31.2 Å². The first-order chi connectivity index (χ1) is 20.7. The number of alkyl halides is 3. The number of nitrogens with one attached hydrogen (secondary N) is 1. The minimum absolute atomic E-state index is 0.0207. The van der Waals surface area contributed by atoms with E-state index in [0.717, 1.165) is 10.9 Å². The van der Waals surface area contributed by atoms with Crippen molar-refractivity contribution in [3.8, 4) is 0 Å². The molecule has 3 aromatic carbocycles. The molecule has 220 valence electrons. The smallest absolute Gasteiger partial charge is 0.412 e. The van der Waals surface area contributed by atoms with Crippen molar-refractivity contribution in [3.63, 3.8) is 0 Å². The number of hydrogen-bond acceptors (Lipinski definition) is 5. The number of benzodiazepines with no additional fused rings is 1. The second-order valence-corrected chi connectivity index (χ2v) is 10.5. The molecule has 4 aromatic rings. The molecule has 6 rings (SSSR count). The van der Waals surface area contributed by atoms with Crippen LogP contribution < -0.4 is 10.5 Å². The molecule has 1 fully saturated rings. The van der Waals surface area contributed by atoms with E-state index in [0.29, 0.717) is 34.4 Å². The number of nitrogens with zero attached hydrogens (tertiary/aromatic N) is 3. The van der Waals surface area contributed by atoms with E-state index in [4.69, 9.17) is 4.74 Å². The van der Waals surface area contributed by atoms with Gasteiger partial charge in [0.05, 0.1) is 11.4 Å². The number of anilines is 1. The number of halogens is 3. The summed E-state index contributed by atoms with van der Waals surface area (Å²) < 4.78 is 46.5. The van der Waals surface area contributed by atoms with Crippen molar-refractivity contribution in [1.82, 2.24) is 9.88 Å². The number of carbonyl (C=O) groups is 2. The van der Waals surface area contributed by atoms with Crippen LogP contribution in [0.2, 0.25) is 0 Å². The molecular formula is C32H27F3N4O4. The topological polar surface area (TPSA) is 95.1 Å². The van der Waals surface area contributed by atoms with Gasteiger partial charge in [0.15, 0.2) is 0 Å². The Kier molecular flexibility index (Phi) is 7.47. The second kappa shape index (κ2) is 11.4. The SMILES string of the molecule is O=C(OC1N=C(c2ccccc2)c2ccccc2N(CC(F)(F)F)C1=O)N1CCC(c2cc3ccccc3[nH]c2=O)CC1. The molecule has 1 aromatic heterocycles. The number of amides is 2. The molecule has 0 spiro atoms. The normalized spacial score (nSPS) is 17.8. The van der Waals surface area contributed by atoms with Crippen molar-refractivity contribution in [1.29, 1.82) is 0 Å². The average Bonchev–Trinajstić information content (AvgIpc) is 3.11. The molecule has 0 bridgehead atoms. The summed E-state index contributed by atoms with van der Waals surface area (Å²) >= 11 is 0. The van der Waals surface area contributed by atoms with Gasteiger partial charge in [0, 0.05) is 35.3 Å². The van der Waals surface area contributed by atoms with Crippen LogP contribution in [0.3, 0.4) is 0 Å². The zero-order chi connectivity index (χ0) is 30.1. The van der Waals surface area contributed by atoms with Crippen LogP contribution >= 0.6 is 0 Å². The first-order valence-corrected chi connectivity index (χ1v) is 13.9. The van der Waals surface area contributed by atoms with Crippen molar-refractivity contribution in [3.05, 3.63) is 112 Å². The lowest BCUT2D eigenvalue weighted by molar-refractivity contribution is -0.137. The van der Waals surface area contributed by atoms with E-state index in [-0.39, 0.29) is 36.0 Å². The molecule has 1 saturated heterocycles. The number of aromatic nitrogens is 1. The van der Waals surface area contributed by atoms with Crippen molar-refractivity contribution in [2.75, 3.05) is 24.5 Å². The van der Waals surface area contributed by atoms with Gasteiger partial charge in [-0.3, -0.25) is 14.5 Å². The van der Waals surface area contributed by atoms with Crippen LogP contribution in [0.25, 0.3) is 10.9 Å². The number of hydrogen-bond donors (Lipinski definition) is 1. The van der Waals surface area contributed by atoms with Crippen LogP contribution in [0.5, 0.6) is 0 Å². The lowest BCUT2D eigenvalue weighted by atomic mass is 9.89. The van der Waals surface area contributed by atoms with E-state index in [2.05, 4.69) is 9.98 Å². The third-order valence-electron chi connectivity index (χ3n) is 7.75. The van der Waals surface area contributed by atoms with E-state index in [1.165, 1.54) is 17.0 Å². The molecule has 0 saturated carbocycles. The number of rotatable bonds is 4. The van der Waals surface area contributed by atoms with Crippen LogP contribution in [0, 0.1) is 0 Å². The van der Waals surface area contributed by atoms with Crippen molar-refractivity contribution >= 4 is 34.3 Å². The summed E-state index contributed by atoms with van der Waals surface area (Å²) in [5.41, 5.74) is 2.31. The van der Waals surface area contributed by atoms with Crippen LogP contribution in [0.4, 0.5) is 23.7 Å². The predicted molar refractivity (Wildman–Crippen MR) is 155 cm³/mol. The number of benzene rings is 3. The molecule has 8 nitrogen and oxygen atoms in total. The number of pyridine rings is 1. The van der Waals surface area contributed by atoms with E-state index < -0.39 is 30.9 Å². The van der Waals surface area contributed by atoms with Crippen molar-refractivity contribution in [2.24, 2.45) is 4.99 Å². The number of ether oxygens (including phenoxy) is 1. The van der Waals surface area contributed by atoms with Crippen LogP contribution in [-0.4, -0.2) is 59.6 Å². The van der Waals surface area contributed by atoms with Crippen LogP contribution in [0.15, 0.2) is 94.7 Å². The molecule has 2 amide bonds. The number of aromatic amines is 1. The van der Waals surface area contributed by atoms with E-state index in [9.17, 15) is 27.6 Å². The lowest BCUT2D eigenvalue weighted by Crippen LogP contribution is -2.47. The van der Waals surface area contributed by atoms with Gasteiger partial charge < -0.3 is 14.6 Å². The second-order valence-electron chi connectivity index (χ2n) is 10.5. The predicted octanol–water partition coefficient (Wildman–Crippen LogP) is 5.62. The quantitative estimate of drug-likeness (QED) is 0.335. The first kappa shape index (κ1) is 28.2. The maximum Gasteiger partial charge on any atom is 0.412 e. The van der Waals surface area contributed by atoms with Gasteiger partial charge in [-0.15, -0.1) is 0 Å². The zero-order valence-corrected chi connectivity index (χ0v) is 22.9. The standard InChI is InChI=1S/C32H27F3N4O4/c33-32(34,35)19-39-26-13-7-5-11-23(26)27(21-8-2-1-3-9-21)37-29(30(39)41)43-31(42)38-16-14-20(15-17-38)24-18-22-10-4-6-12-25(22)36-28(24)40/h1-13,18,20,29H,14-17,19H2,(H,36,40). The van der Waals surface area contributed by atoms with E-state index >= 15 is 0 Å². The summed E-state index contributed by atoms with van der Waals surface area (Å²) in [7, 11) is 0. The summed E-state index contributed by atoms with van der Waals surface area (Å²) in [6.45, 7) is -1.10. The van der Waals surface area contributed by atoms with Gasteiger partial charge in [-0.25, -0.2) is 9.79 Å². The Morgan fingerprint density at radius 1 is 0.930 bits per heavy atom. The third-order valence-corrected chi connectivity index (χ3v) is 7.75. The minimum Gasteiger partial charge on any atom is -0.414 e. The number of piperidine rings is 1. The Morgan fingerprint density at radius 3 is 2.35 bits per heavy atom. The highest BCUT2D eigenvalue weighted by atomic mass is 19.4. The number of H-pyrrole nitrogens is 1. The Morgan fingerprint density at radius 2 is 1.60 bits per heavy atom. The summed E-state index contributed by atoms with van der Waals surface area (Å²) in [4.78, 5) is 48.9. The molecule has 1 N–H and O–H groups in total. The third kappa shape index (κ3) is 5.88. The average molecular weight is 589 g/mol. The van der Waals surface area contributed by atoms with Gasteiger partial charge in [-0.05, 0) is 42.3 Å². The van der Waals surface area contributed by atoms with Gasteiger partial charge >= 0.3 is 12.3 Å². The van der Waals surface area contributed by atoms with Gasteiger partial charge in [0.25, 0.3) is 17.7 Å². The lowest BCUT2D eigenvalue weighted by Gasteiger charge is -2.32. The highest BCUT2D eigenvalue weighted by molar-refractivity contribution is 6.20. The monoisotopic (exact) mass is 588 g/mol. The Hall–Kier alpha value is -4.93. The highest BCUT2D eigenvalue weighted by Gasteiger charge is 2.41. The summed E-state index contributed by atoms with van der Waals surface area (Å²) in [6.07, 6.45) is -6.47. The number of para-hydroxylation sites is 2. The number of likely N-dealkylation sites (tertiary alicyclic amines) is 1. The maximum atomic E-state index is 13.7. The van der Waals surface area contributed by atoms with Gasteiger partial charge in [-0.2, -0.15) is 13.2 Å². The van der Waals surface area contributed by atoms with Gasteiger partial charge in [0.1, 0.15) is 6.54 Å². The molecule has 1 atom stereocenters. The van der Waals surface area contributed by atoms with E-state index in [1.807, 2.05) is 30.3 Å². The molecule has 43 heavy (non-hydrogen) atoms. The summed E-state index contributed by atoms with van der Waals surface area (Å²) in [5, 5.41) is 0.905. The largest absolute Gasteiger partial charge is 0.414 e. The Labute approximate surface area is 244 Å². The fourth-order valence-corrected chi connectivity index (χ4v) is 5.66. The minimum atomic E-state index is -4.71. The van der Waals surface area contributed by atoms with Gasteiger partial charge in [0.2, 0.25) is 0 Å². The number of aliphatic imine (C=N–C) groups is 1. The molecule has 3 heterocycles. The zero-order valence-electron chi connectivity index (χ0n) is 22.9. The molecular weight excluding hydrogens is 561 g/mol. The van der Waals surface area contributed by atoms with Gasteiger partial charge in [-0.1, -0.05) is 66.7 Å². The molecule has 0 radical (unpaired) electrons. The summed E-state index contributed by atoms with van der Waals surface area (Å²) in [5.74, 6) is -1.20. The molecule has 1 unspecified atom stereocenters. The first-order valence-electron chi connectivity index (χ1n) is 13.9.